The Morgan fingerprint density at radius 2 is 1.81 bits per heavy atom. The van der Waals surface area contributed by atoms with Crippen LogP contribution >= 0.6 is 0 Å². The predicted octanol–water partition coefficient (Wildman–Crippen LogP) is 5.02. The van der Waals surface area contributed by atoms with E-state index in [1.165, 1.54) is 18.2 Å². The second-order valence-electron chi connectivity index (χ2n) is 5.83. The summed E-state index contributed by atoms with van der Waals surface area (Å²) >= 11 is 0. The van der Waals surface area contributed by atoms with Crippen molar-refractivity contribution in [2.45, 2.75) is 32.0 Å². The zero-order chi connectivity index (χ0) is 20.2. The molecule has 2 aromatic carbocycles. The lowest BCUT2D eigenvalue weighted by atomic mass is 10.00. The van der Waals surface area contributed by atoms with Gasteiger partial charge in [0.05, 0.1) is 22.1 Å². The van der Waals surface area contributed by atoms with E-state index < -0.39 is 45.7 Å². The van der Waals surface area contributed by atoms with Crippen molar-refractivity contribution in [1.82, 2.24) is 5.32 Å². The Kier molecular flexibility index (Phi) is 6.14. The molecule has 1 N–H and O–H groups in total. The number of carbonyl (C=O) groups excluding carboxylic acids is 1. The quantitative estimate of drug-likeness (QED) is 0.432. The number of nitro benzene ring substituents is 1. The summed E-state index contributed by atoms with van der Waals surface area (Å²) in [7, 11) is 0. The molecule has 0 unspecified atom stereocenters. The molecule has 0 saturated heterocycles. The van der Waals surface area contributed by atoms with Gasteiger partial charge in [0.15, 0.2) is 0 Å². The largest absolute Gasteiger partial charge is 0.416 e. The van der Waals surface area contributed by atoms with Crippen LogP contribution in [0.25, 0.3) is 0 Å². The van der Waals surface area contributed by atoms with E-state index in [0.717, 1.165) is 24.3 Å². The number of hydrogen-bond donors (Lipinski definition) is 1. The molecule has 0 bridgehead atoms. The van der Waals surface area contributed by atoms with Crippen LogP contribution < -0.4 is 5.32 Å². The average molecular weight is 384 g/mol. The summed E-state index contributed by atoms with van der Waals surface area (Å²) in [5.41, 5.74) is -1.73. The van der Waals surface area contributed by atoms with Crippen molar-refractivity contribution in [1.29, 1.82) is 0 Å². The van der Waals surface area contributed by atoms with Gasteiger partial charge in [-0.3, -0.25) is 14.9 Å². The molecule has 144 valence electrons. The van der Waals surface area contributed by atoms with Crippen LogP contribution in [0.4, 0.5) is 23.2 Å². The molecule has 0 aliphatic carbocycles. The first-order chi connectivity index (χ1) is 12.6. The molecule has 1 amide bonds. The summed E-state index contributed by atoms with van der Waals surface area (Å²) in [6.45, 7) is 1.82. The first-order valence-corrected chi connectivity index (χ1v) is 8.06. The second-order valence-corrected chi connectivity index (χ2v) is 5.83. The van der Waals surface area contributed by atoms with Gasteiger partial charge in [0.25, 0.3) is 5.91 Å². The van der Waals surface area contributed by atoms with Gasteiger partial charge in [0.1, 0.15) is 0 Å². The smallest absolute Gasteiger partial charge is 0.345 e. The van der Waals surface area contributed by atoms with Crippen LogP contribution in [0.3, 0.4) is 0 Å². The topological polar surface area (TPSA) is 72.2 Å². The molecule has 0 spiro atoms. The van der Waals surface area contributed by atoms with E-state index in [4.69, 9.17) is 0 Å². The fraction of sp³-hybridized carbons (Fsp3) is 0.278. The molecule has 9 heteroatoms. The molecule has 0 saturated carbocycles. The lowest BCUT2D eigenvalue weighted by Gasteiger charge is -2.19. The molecule has 0 radical (unpaired) electrons. The number of benzene rings is 2. The number of nitrogens with one attached hydrogen (secondary N) is 1. The number of hydrogen-bond acceptors (Lipinski definition) is 3. The van der Waals surface area contributed by atoms with E-state index in [0.29, 0.717) is 18.4 Å². The Bertz CT molecular complexity index is 835. The molecule has 2 aromatic rings. The fourth-order valence-electron chi connectivity index (χ4n) is 2.59. The highest BCUT2D eigenvalue weighted by Gasteiger charge is 2.30. The first-order valence-electron chi connectivity index (χ1n) is 8.06. The van der Waals surface area contributed by atoms with Crippen molar-refractivity contribution in [2.24, 2.45) is 0 Å². The molecular formula is C18H16F4N2O3. The van der Waals surface area contributed by atoms with Crippen LogP contribution in [0.5, 0.6) is 0 Å². The molecule has 0 aliphatic heterocycles. The minimum absolute atomic E-state index is 0.396. The zero-order valence-electron chi connectivity index (χ0n) is 14.2. The summed E-state index contributed by atoms with van der Waals surface area (Å²) in [4.78, 5) is 22.2. The fourth-order valence-corrected chi connectivity index (χ4v) is 2.59. The maximum atomic E-state index is 14.2. The van der Waals surface area contributed by atoms with Crippen LogP contribution in [-0.4, -0.2) is 10.8 Å². The highest BCUT2D eigenvalue weighted by Crippen LogP contribution is 2.30. The monoisotopic (exact) mass is 384 g/mol. The normalized spacial score (nSPS) is 12.5. The summed E-state index contributed by atoms with van der Waals surface area (Å²) in [5, 5.41) is 13.3. The lowest BCUT2D eigenvalue weighted by Crippen LogP contribution is -2.29. The maximum Gasteiger partial charge on any atom is 0.416 e. The van der Waals surface area contributed by atoms with Gasteiger partial charge >= 0.3 is 11.9 Å². The molecular weight excluding hydrogens is 368 g/mol. The minimum Gasteiger partial charge on any atom is -0.345 e. The number of alkyl halides is 3. The average Bonchev–Trinajstić information content (AvgIpc) is 2.60. The summed E-state index contributed by atoms with van der Waals surface area (Å²) in [5.74, 6) is -2.14. The van der Waals surface area contributed by atoms with Crippen LogP contribution in [0.1, 0.15) is 47.3 Å². The standard InChI is InChI=1S/C18H16F4N2O3/c1-2-4-14(11-7-9-12(10-8-11)18(20,21)22)23-17(25)13-5-3-6-15(16(13)19)24(26)27/h3,5-10,14H,2,4H2,1H3,(H,23,25)/t14-/m1/s1. The summed E-state index contributed by atoms with van der Waals surface area (Å²) in [6.07, 6.45) is -3.48. The maximum absolute atomic E-state index is 14.2. The number of nitro groups is 1. The van der Waals surface area contributed by atoms with Gasteiger partial charge in [0.2, 0.25) is 5.82 Å². The van der Waals surface area contributed by atoms with Crippen molar-refractivity contribution in [2.75, 3.05) is 0 Å². The van der Waals surface area contributed by atoms with Gasteiger partial charge in [-0.05, 0) is 30.2 Å². The third-order valence-electron chi connectivity index (χ3n) is 3.94. The number of halogens is 4. The lowest BCUT2D eigenvalue weighted by molar-refractivity contribution is -0.387. The Hall–Kier alpha value is -2.97. The highest BCUT2D eigenvalue weighted by atomic mass is 19.4. The molecule has 5 nitrogen and oxygen atoms in total. The SMILES string of the molecule is CCC[C@@H](NC(=O)c1cccc([N+](=O)[O-])c1F)c1ccc(C(F)(F)F)cc1. The predicted molar refractivity (Wildman–Crippen MR) is 89.6 cm³/mol. The Labute approximate surface area is 152 Å². The van der Waals surface area contributed by atoms with Crippen LogP contribution in [0, 0.1) is 15.9 Å². The zero-order valence-corrected chi connectivity index (χ0v) is 14.2. The van der Waals surface area contributed by atoms with Crippen LogP contribution in [0.15, 0.2) is 42.5 Å². The third kappa shape index (κ3) is 4.81. The second kappa shape index (κ2) is 8.15. The van der Waals surface area contributed by atoms with Gasteiger partial charge < -0.3 is 5.32 Å². The molecule has 0 fully saturated rings. The van der Waals surface area contributed by atoms with Crippen LogP contribution in [0.2, 0.25) is 0 Å². The van der Waals surface area contributed by atoms with Crippen molar-refractivity contribution in [3.63, 3.8) is 0 Å². The Morgan fingerprint density at radius 1 is 1.19 bits per heavy atom. The third-order valence-corrected chi connectivity index (χ3v) is 3.94. The highest BCUT2D eigenvalue weighted by molar-refractivity contribution is 5.95. The van der Waals surface area contributed by atoms with Crippen molar-refractivity contribution >= 4 is 11.6 Å². The van der Waals surface area contributed by atoms with E-state index in [2.05, 4.69) is 5.32 Å². The van der Waals surface area contributed by atoms with Crippen molar-refractivity contribution < 1.29 is 27.3 Å². The van der Waals surface area contributed by atoms with Crippen molar-refractivity contribution in [3.05, 3.63) is 75.1 Å². The van der Waals surface area contributed by atoms with E-state index >= 15 is 0 Å². The Morgan fingerprint density at radius 3 is 2.33 bits per heavy atom. The van der Waals surface area contributed by atoms with Gasteiger partial charge in [0, 0.05) is 6.07 Å². The van der Waals surface area contributed by atoms with E-state index in [9.17, 15) is 32.5 Å². The van der Waals surface area contributed by atoms with Gasteiger partial charge in [-0.25, -0.2) is 0 Å². The molecule has 0 aliphatic rings. The molecule has 1 atom stereocenters. The van der Waals surface area contributed by atoms with E-state index in [1.807, 2.05) is 6.92 Å². The molecule has 2 rings (SSSR count). The number of carbonyl (C=O) groups is 1. The van der Waals surface area contributed by atoms with Gasteiger partial charge in [-0.1, -0.05) is 31.5 Å². The Balaban J connectivity index is 2.27. The van der Waals surface area contributed by atoms with E-state index in [1.54, 1.807) is 0 Å². The van der Waals surface area contributed by atoms with Crippen molar-refractivity contribution in [3.8, 4) is 0 Å². The van der Waals surface area contributed by atoms with E-state index in [-0.39, 0.29) is 0 Å². The molecule has 0 aromatic heterocycles. The summed E-state index contributed by atoms with van der Waals surface area (Å²) in [6, 6.07) is 6.85. The molecule has 0 heterocycles. The van der Waals surface area contributed by atoms with Crippen LogP contribution in [-0.2, 0) is 6.18 Å². The number of nitrogens with zero attached hydrogens (tertiary/aromatic N) is 1. The molecule has 27 heavy (non-hydrogen) atoms. The minimum atomic E-state index is -4.48. The number of amides is 1. The van der Waals surface area contributed by atoms with Gasteiger partial charge in [-0.2, -0.15) is 17.6 Å². The summed E-state index contributed by atoms with van der Waals surface area (Å²) < 4.78 is 52.2. The number of rotatable bonds is 6. The van der Waals surface area contributed by atoms with Gasteiger partial charge in [-0.15, -0.1) is 0 Å². The first kappa shape index (κ1) is 20.3.